The predicted octanol–water partition coefficient (Wildman–Crippen LogP) is -0.474. The lowest BCUT2D eigenvalue weighted by Crippen LogP contribution is -2.48. The molecule has 15 heavy (non-hydrogen) atoms. The fourth-order valence-corrected chi connectivity index (χ4v) is 1.71. The van der Waals surface area contributed by atoms with Gasteiger partial charge in [0.15, 0.2) is 0 Å². The number of aliphatic carboxylic acids is 1. The van der Waals surface area contributed by atoms with Crippen LogP contribution in [0, 0.1) is 0 Å². The van der Waals surface area contributed by atoms with Gasteiger partial charge < -0.3 is 15.7 Å². The summed E-state index contributed by atoms with van der Waals surface area (Å²) in [4.78, 5) is 21.6. The first kappa shape index (κ1) is 13.9. The minimum atomic E-state index is -1.10. The summed E-state index contributed by atoms with van der Waals surface area (Å²) in [6, 6.07) is -1.76. The molecule has 0 spiro atoms. The maximum absolute atomic E-state index is 11.2. The van der Waals surface area contributed by atoms with Crippen LogP contribution in [0.1, 0.15) is 13.8 Å². The van der Waals surface area contributed by atoms with Gasteiger partial charge in [-0.05, 0) is 13.8 Å². The molecule has 0 aliphatic carbocycles. The highest BCUT2D eigenvalue weighted by atomic mass is 32.2. The molecule has 88 valence electrons. The van der Waals surface area contributed by atoms with Crippen molar-refractivity contribution in [1.82, 2.24) is 10.6 Å². The second kappa shape index (κ2) is 6.39. The van der Waals surface area contributed by atoms with E-state index in [9.17, 15) is 13.8 Å². The molecule has 0 saturated heterocycles. The summed E-state index contributed by atoms with van der Waals surface area (Å²) in [5.41, 5.74) is 0. The zero-order chi connectivity index (χ0) is 12.0. The van der Waals surface area contributed by atoms with Gasteiger partial charge in [0.05, 0.1) is 0 Å². The molecule has 6 nitrogen and oxygen atoms in total. The summed E-state index contributed by atoms with van der Waals surface area (Å²) < 4.78 is 10.8. The van der Waals surface area contributed by atoms with Gasteiger partial charge in [-0.1, -0.05) is 0 Å². The van der Waals surface area contributed by atoms with E-state index in [0.717, 1.165) is 0 Å². The standard InChI is InChI=1S/C8H16N2O4S/c1-5(4-15(3)14)9-8(13)10-6(2)7(11)12/h5-6H,4H2,1-3H3,(H,11,12)(H2,9,10,13)/t5?,6-,15?/m1/s1. The Bertz CT molecular complexity index is 269. The molecule has 0 heterocycles. The number of carbonyl (C=O) groups is 2. The smallest absolute Gasteiger partial charge is 0.325 e. The lowest BCUT2D eigenvalue weighted by atomic mass is 10.3. The van der Waals surface area contributed by atoms with Crippen molar-refractivity contribution in [2.24, 2.45) is 0 Å². The van der Waals surface area contributed by atoms with Gasteiger partial charge in [-0.15, -0.1) is 0 Å². The first-order valence-electron chi connectivity index (χ1n) is 4.42. The Hall–Kier alpha value is -1.11. The molecule has 0 bridgehead atoms. The van der Waals surface area contributed by atoms with Crippen LogP contribution < -0.4 is 10.6 Å². The molecular formula is C8H16N2O4S. The zero-order valence-electron chi connectivity index (χ0n) is 8.94. The number of nitrogens with one attached hydrogen (secondary N) is 2. The van der Waals surface area contributed by atoms with Gasteiger partial charge in [-0.25, -0.2) is 4.79 Å². The molecule has 0 aromatic carbocycles. The third-order valence-corrected chi connectivity index (χ3v) is 2.55. The van der Waals surface area contributed by atoms with Crippen molar-refractivity contribution >= 4 is 22.8 Å². The second-order valence-corrected chi connectivity index (χ2v) is 4.80. The Kier molecular flexibility index (Phi) is 5.92. The summed E-state index contributed by atoms with van der Waals surface area (Å²) >= 11 is 0. The van der Waals surface area contributed by atoms with E-state index in [1.54, 1.807) is 6.92 Å². The molecule has 0 fully saturated rings. The second-order valence-electron chi connectivity index (χ2n) is 3.32. The number of carboxylic acid groups (broad SMARTS) is 1. The van der Waals surface area contributed by atoms with Crippen LogP contribution in [0.15, 0.2) is 0 Å². The van der Waals surface area contributed by atoms with E-state index in [1.165, 1.54) is 13.2 Å². The van der Waals surface area contributed by atoms with Crippen LogP contribution in [-0.4, -0.2) is 45.4 Å². The van der Waals surface area contributed by atoms with Crippen LogP contribution in [0.5, 0.6) is 0 Å². The number of carboxylic acids is 1. The molecule has 3 N–H and O–H groups in total. The molecule has 0 aliphatic heterocycles. The average Bonchev–Trinajstić information content (AvgIpc) is 2.00. The van der Waals surface area contributed by atoms with E-state index < -0.39 is 28.8 Å². The third kappa shape index (κ3) is 6.89. The summed E-state index contributed by atoms with van der Waals surface area (Å²) in [6.45, 7) is 3.07. The Balaban J connectivity index is 3.93. The number of amides is 2. The quantitative estimate of drug-likeness (QED) is 0.601. The number of carbonyl (C=O) groups excluding carboxylic acids is 1. The fraction of sp³-hybridized carbons (Fsp3) is 0.750. The lowest BCUT2D eigenvalue weighted by Gasteiger charge is -2.15. The van der Waals surface area contributed by atoms with Crippen molar-refractivity contribution in [3.05, 3.63) is 0 Å². The van der Waals surface area contributed by atoms with Crippen molar-refractivity contribution in [2.45, 2.75) is 25.9 Å². The maximum Gasteiger partial charge on any atom is 0.325 e. The fourth-order valence-electron chi connectivity index (χ4n) is 0.918. The molecule has 2 amide bonds. The van der Waals surface area contributed by atoms with Crippen LogP contribution in [-0.2, 0) is 15.6 Å². The minimum absolute atomic E-state index is 0.253. The number of hydrogen-bond acceptors (Lipinski definition) is 3. The van der Waals surface area contributed by atoms with Gasteiger partial charge in [0.1, 0.15) is 6.04 Å². The van der Waals surface area contributed by atoms with Crippen molar-refractivity contribution in [1.29, 1.82) is 0 Å². The molecule has 0 aromatic heterocycles. The summed E-state index contributed by atoms with van der Waals surface area (Å²) in [5, 5.41) is 13.2. The van der Waals surface area contributed by atoms with Crippen molar-refractivity contribution < 1.29 is 18.9 Å². The molecule has 0 aromatic rings. The predicted molar refractivity (Wildman–Crippen MR) is 57.2 cm³/mol. The topological polar surface area (TPSA) is 95.5 Å². The first-order valence-corrected chi connectivity index (χ1v) is 6.15. The Labute approximate surface area is 90.9 Å². The Morgan fingerprint density at radius 2 is 1.87 bits per heavy atom. The molecule has 0 rings (SSSR count). The summed E-state index contributed by atoms with van der Waals surface area (Å²) in [6.07, 6.45) is 1.54. The zero-order valence-corrected chi connectivity index (χ0v) is 9.76. The maximum atomic E-state index is 11.2. The molecular weight excluding hydrogens is 220 g/mol. The number of rotatable bonds is 5. The molecule has 7 heteroatoms. The van der Waals surface area contributed by atoms with Gasteiger partial charge in [-0.3, -0.25) is 9.00 Å². The van der Waals surface area contributed by atoms with E-state index in [0.29, 0.717) is 5.75 Å². The SMILES string of the molecule is CC(CS(C)=O)NC(=O)N[C@H](C)C(=O)O. The summed E-state index contributed by atoms with van der Waals surface area (Å²) in [7, 11) is -0.992. The highest BCUT2D eigenvalue weighted by molar-refractivity contribution is 7.84. The van der Waals surface area contributed by atoms with Crippen LogP contribution in [0.3, 0.4) is 0 Å². The van der Waals surface area contributed by atoms with Gasteiger partial charge >= 0.3 is 12.0 Å². The van der Waals surface area contributed by atoms with E-state index in [1.807, 2.05) is 0 Å². The van der Waals surface area contributed by atoms with Crippen LogP contribution in [0.4, 0.5) is 4.79 Å². The van der Waals surface area contributed by atoms with Crippen molar-refractivity contribution in [2.75, 3.05) is 12.0 Å². The largest absolute Gasteiger partial charge is 0.480 e. The van der Waals surface area contributed by atoms with E-state index >= 15 is 0 Å². The van der Waals surface area contributed by atoms with Gasteiger partial charge in [-0.2, -0.15) is 0 Å². The molecule has 3 atom stereocenters. The minimum Gasteiger partial charge on any atom is -0.480 e. The lowest BCUT2D eigenvalue weighted by molar-refractivity contribution is -0.138. The van der Waals surface area contributed by atoms with Crippen LogP contribution in [0.25, 0.3) is 0 Å². The van der Waals surface area contributed by atoms with E-state index in [-0.39, 0.29) is 6.04 Å². The Morgan fingerprint density at radius 3 is 2.27 bits per heavy atom. The molecule has 0 aliphatic rings. The van der Waals surface area contributed by atoms with Crippen LogP contribution >= 0.6 is 0 Å². The highest BCUT2D eigenvalue weighted by Crippen LogP contribution is 1.87. The van der Waals surface area contributed by atoms with E-state index in [2.05, 4.69) is 10.6 Å². The van der Waals surface area contributed by atoms with Crippen molar-refractivity contribution in [3.63, 3.8) is 0 Å². The molecule has 2 unspecified atom stereocenters. The van der Waals surface area contributed by atoms with Crippen molar-refractivity contribution in [3.8, 4) is 0 Å². The molecule has 0 saturated carbocycles. The van der Waals surface area contributed by atoms with Crippen LogP contribution in [0.2, 0.25) is 0 Å². The summed E-state index contributed by atoms with van der Waals surface area (Å²) in [5.74, 6) is -0.758. The van der Waals surface area contributed by atoms with Gasteiger partial charge in [0, 0.05) is 28.9 Å². The normalized spacial score (nSPS) is 16.2. The molecule has 0 radical (unpaired) electrons. The monoisotopic (exact) mass is 236 g/mol. The van der Waals surface area contributed by atoms with Gasteiger partial charge in [0.2, 0.25) is 0 Å². The van der Waals surface area contributed by atoms with Gasteiger partial charge in [0.25, 0.3) is 0 Å². The highest BCUT2D eigenvalue weighted by Gasteiger charge is 2.15. The number of urea groups is 1. The van der Waals surface area contributed by atoms with E-state index in [4.69, 9.17) is 5.11 Å². The Morgan fingerprint density at radius 1 is 1.33 bits per heavy atom. The number of hydrogen-bond donors (Lipinski definition) is 3. The first-order chi connectivity index (χ1) is 6.82. The average molecular weight is 236 g/mol. The third-order valence-electron chi connectivity index (χ3n) is 1.58.